The van der Waals surface area contributed by atoms with Gasteiger partial charge in [-0.1, -0.05) is 57.5 Å². The van der Waals surface area contributed by atoms with Crippen LogP contribution in [-0.4, -0.2) is 12.4 Å². The zero-order valence-corrected chi connectivity index (χ0v) is 20.1. The number of aryl methyl sites for hydroxylation is 1. The highest BCUT2D eigenvalue weighted by atomic mass is 16.5. The first kappa shape index (κ1) is 23.1. The SMILES string of the molecule is CC(C)=CCOc1cccc(/C=C/C(=O)c2cc3c(cc2C)C(C)(C)CCC3(C)C)c1. The topological polar surface area (TPSA) is 26.3 Å². The molecule has 2 aromatic carbocycles. The number of carbonyl (C=O) groups excluding carboxylic acids is 1. The second-order valence-corrected chi connectivity index (χ2v) is 10.3. The smallest absolute Gasteiger partial charge is 0.186 e. The van der Waals surface area contributed by atoms with E-state index in [1.54, 1.807) is 6.08 Å². The predicted octanol–water partition coefficient (Wildman–Crippen LogP) is 7.59. The van der Waals surface area contributed by atoms with Gasteiger partial charge in [-0.15, -0.1) is 0 Å². The Bertz CT molecular complexity index is 1030. The third-order valence-electron chi connectivity index (χ3n) is 6.49. The van der Waals surface area contributed by atoms with Crippen molar-refractivity contribution >= 4 is 11.9 Å². The summed E-state index contributed by atoms with van der Waals surface area (Å²) in [5, 5.41) is 0. The summed E-state index contributed by atoms with van der Waals surface area (Å²) >= 11 is 0. The average molecular weight is 417 g/mol. The van der Waals surface area contributed by atoms with Crippen molar-refractivity contribution in [2.75, 3.05) is 6.61 Å². The van der Waals surface area contributed by atoms with Gasteiger partial charge in [0.2, 0.25) is 0 Å². The van der Waals surface area contributed by atoms with Crippen molar-refractivity contribution in [2.45, 2.75) is 72.1 Å². The van der Waals surface area contributed by atoms with E-state index in [9.17, 15) is 4.79 Å². The number of carbonyl (C=O) groups is 1. The standard InChI is InChI=1S/C29H36O2/c1-20(2)13-16-31-23-10-8-9-22(18-23)11-12-27(30)24-19-26-25(17-21(24)3)28(4,5)14-15-29(26,6)7/h8-13,17-19H,14-16H2,1-7H3/b12-11+. The number of allylic oxidation sites excluding steroid dienone is 2. The first-order valence-electron chi connectivity index (χ1n) is 11.2. The Balaban J connectivity index is 1.84. The maximum Gasteiger partial charge on any atom is 0.186 e. The summed E-state index contributed by atoms with van der Waals surface area (Å²) in [5.74, 6) is 0.858. The van der Waals surface area contributed by atoms with Crippen LogP contribution in [0.5, 0.6) is 5.75 Å². The van der Waals surface area contributed by atoms with Gasteiger partial charge in [0.1, 0.15) is 12.4 Å². The molecule has 31 heavy (non-hydrogen) atoms. The van der Waals surface area contributed by atoms with Crippen LogP contribution >= 0.6 is 0 Å². The molecule has 0 aromatic heterocycles. The van der Waals surface area contributed by atoms with Gasteiger partial charge in [0.05, 0.1) is 0 Å². The fraction of sp³-hybridized carbons (Fsp3) is 0.414. The van der Waals surface area contributed by atoms with Crippen LogP contribution in [-0.2, 0) is 10.8 Å². The first-order chi connectivity index (χ1) is 14.5. The summed E-state index contributed by atoms with van der Waals surface area (Å²) in [4.78, 5) is 13.1. The monoisotopic (exact) mass is 416 g/mol. The summed E-state index contributed by atoms with van der Waals surface area (Å²) < 4.78 is 5.78. The van der Waals surface area contributed by atoms with Crippen LogP contribution in [0.4, 0.5) is 0 Å². The quantitative estimate of drug-likeness (QED) is 0.275. The van der Waals surface area contributed by atoms with Crippen LogP contribution in [0.3, 0.4) is 0 Å². The normalized spacial score (nSPS) is 16.6. The summed E-state index contributed by atoms with van der Waals surface area (Å²) in [5.41, 5.74) is 7.00. The Morgan fingerprint density at radius 1 is 1.00 bits per heavy atom. The summed E-state index contributed by atoms with van der Waals surface area (Å²) in [6, 6.07) is 12.2. The van der Waals surface area contributed by atoms with E-state index in [1.807, 2.05) is 36.4 Å². The van der Waals surface area contributed by atoms with Gasteiger partial charge in [0, 0.05) is 5.56 Å². The molecule has 2 heteroatoms. The van der Waals surface area contributed by atoms with Crippen molar-refractivity contribution in [1.29, 1.82) is 0 Å². The van der Waals surface area contributed by atoms with Crippen molar-refractivity contribution in [3.63, 3.8) is 0 Å². The van der Waals surface area contributed by atoms with Gasteiger partial charge in [-0.25, -0.2) is 0 Å². The number of ether oxygens (including phenoxy) is 1. The van der Waals surface area contributed by atoms with Crippen molar-refractivity contribution in [1.82, 2.24) is 0 Å². The van der Waals surface area contributed by atoms with Crippen LogP contribution in [0.15, 0.2) is 54.1 Å². The molecule has 2 nitrogen and oxygen atoms in total. The lowest BCUT2D eigenvalue weighted by Gasteiger charge is -2.42. The van der Waals surface area contributed by atoms with Gasteiger partial charge in [0.25, 0.3) is 0 Å². The molecular weight excluding hydrogens is 380 g/mol. The molecule has 0 N–H and O–H groups in total. The van der Waals surface area contributed by atoms with Gasteiger partial charge < -0.3 is 4.74 Å². The Morgan fingerprint density at radius 3 is 2.29 bits per heavy atom. The summed E-state index contributed by atoms with van der Waals surface area (Å²) in [6.45, 7) is 15.9. The van der Waals surface area contributed by atoms with Crippen molar-refractivity contribution in [2.24, 2.45) is 0 Å². The Kier molecular flexibility index (Phi) is 6.59. The number of hydrogen-bond donors (Lipinski definition) is 0. The molecule has 1 aliphatic rings. The summed E-state index contributed by atoms with van der Waals surface area (Å²) in [7, 11) is 0. The van der Waals surface area contributed by atoms with E-state index in [-0.39, 0.29) is 16.6 Å². The number of benzene rings is 2. The minimum Gasteiger partial charge on any atom is -0.490 e. The van der Waals surface area contributed by atoms with Crippen molar-refractivity contribution in [3.05, 3.63) is 81.9 Å². The van der Waals surface area contributed by atoms with Crippen molar-refractivity contribution < 1.29 is 9.53 Å². The highest BCUT2D eigenvalue weighted by molar-refractivity contribution is 6.08. The van der Waals surface area contributed by atoms with Gasteiger partial charge >= 0.3 is 0 Å². The van der Waals surface area contributed by atoms with Crippen molar-refractivity contribution in [3.8, 4) is 5.75 Å². The van der Waals surface area contributed by atoms with E-state index in [1.165, 1.54) is 23.1 Å². The third-order valence-corrected chi connectivity index (χ3v) is 6.49. The molecule has 0 fully saturated rings. The molecule has 0 saturated heterocycles. The molecule has 1 aliphatic carbocycles. The zero-order valence-electron chi connectivity index (χ0n) is 20.1. The van der Waals surface area contributed by atoms with Crippen LogP contribution in [0, 0.1) is 6.92 Å². The van der Waals surface area contributed by atoms with E-state index in [2.05, 4.69) is 60.6 Å². The minimum absolute atomic E-state index is 0.0512. The molecule has 3 rings (SSSR count). The third kappa shape index (κ3) is 5.36. The molecule has 0 amide bonds. The van der Waals surface area contributed by atoms with E-state index >= 15 is 0 Å². The molecule has 0 aliphatic heterocycles. The molecule has 2 aromatic rings. The van der Waals surface area contributed by atoms with Gasteiger partial charge in [-0.05, 0) is 97.0 Å². The Labute approximate surface area is 188 Å². The molecule has 0 unspecified atom stereocenters. The van der Waals surface area contributed by atoms with Gasteiger partial charge in [-0.2, -0.15) is 0 Å². The molecule has 0 bridgehead atoms. The molecular formula is C29H36O2. The molecule has 0 radical (unpaired) electrons. The van der Waals surface area contributed by atoms with Gasteiger partial charge in [-0.3, -0.25) is 4.79 Å². The maximum absolute atomic E-state index is 13.1. The number of hydrogen-bond acceptors (Lipinski definition) is 2. The second kappa shape index (κ2) is 8.86. The maximum atomic E-state index is 13.1. The van der Waals surface area contributed by atoms with Crippen LogP contribution in [0.25, 0.3) is 6.08 Å². The lowest BCUT2D eigenvalue weighted by molar-refractivity contribution is 0.104. The van der Waals surface area contributed by atoms with Crippen LogP contribution in [0.1, 0.15) is 87.0 Å². The zero-order chi connectivity index (χ0) is 22.8. The first-order valence-corrected chi connectivity index (χ1v) is 11.2. The Morgan fingerprint density at radius 2 is 1.65 bits per heavy atom. The second-order valence-electron chi connectivity index (χ2n) is 10.3. The number of ketones is 1. The fourth-order valence-electron chi connectivity index (χ4n) is 4.26. The number of rotatable bonds is 6. The summed E-state index contributed by atoms with van der Waals surface area (Å²) in [6.07, 6.45) is 7.92. The van der Waals surface area contributed by atoms with Crippen LogP contribution < -0.4 is 4.74 Å². The highest BCUT2D eigenvalue weighted by Gasteiger charge is 2.37. The molecule has 0 atom stereocenters. The number of fused-ring (bicyclic) bond motifs is 1. The molecule has 0 heterocycles. The minimum atomic E-state index is 0.0512. The molecule has 0 saturated carbocycles. The highest BCUT2D eigenvalue weighted by Crippen LogP contribution is 2.46. The predicted molar refractivity (Wildman–Crippen MR) is 131 cm³/mol. The van der Waals surface area contributed by atoms with Gasteiger partial charge in [0.15, 0.2) is 5.78 Å². The van der Waals surface area contributed by atoms with E-state index in [0.29, 0.717) is 6.61 Å². The molecule has 0 spiro atoms. The lowest BCUT2D eigenvalue weighted by Crippen LogP contribution is -2.34. The van der Waals surface area contributed by atoms with E-state index in [0.717, 1.165) is 28.9 Å². The van der Waals surface area contributed by atoms with Crippen LogP contribution in [0.2, 0.25) is 0 Å². The Hall–Kier alpha value is -2.61. The lowest BCUT2D eigenvalue weighted by atomic mass is 9.62. The largest absolute Gasteiger partial charge is 0.490 e. The average Bonchev–Trinajstić information content (AvgIpc) is 2.69. The fourth-order valence-corrected chi connectivity index (χ4v) is 4.26. The van der Waals surface area contributed by atoms with E-state index < -0.39 is 0 Å². The van der Waals surface area contributed by atoms with E-state index in [4.69, 9.17) is 4.74 Å². The molecule has 164 valence electrons.